The van der Waals surface area contributed by atoms with E-state index in [1.54, 1.807) is 22.6 Å². The van der Waals surface area contributed by atoms with Gasteiger partial charge in [0.2, 0.25) is 0 Å². The van der Waals surface area contributed by atoms with E-state index in [1.807, 2.05) is 0 Å². The van der Waals surface area contributed by atoms with Crippen LogP contribution in [-0.4, -0.2) is 9.85 Å². The lowest BCUT2D eigenvalue weighted by Crippen LogP contribution is -2.20. The van der Waals surface area contributed by atoms with Crippen LogP contribution in [0.1, 0.15) is 13.8 Å². The van der Waals surface area contributed by atoms with Gasteiger partial charge in [-0.25, -0.2) is 8.78 Å². The van der Waals surface area contributed by atoms with Crippen molar-refractivity contribution >= 4 is 22.6 Å². The fourth-order valence-corrected chi connectivity index (χ4v) is 0. The SMILES string of the molecule is C[C@H](I)C(C)(F)F. The molecule has 0 unspecified atom stereocenters. The number of rotatable bonds is 1. The van der Waals surface area contributed by atoms with E-state index in [-0.39, 0.29) is 0 Å². The van der Waals surface area contributed by atoms with Crippen LogP contribution in [0.25, 0.3) is 0 Å². The lowest BCUT2D eigenvalue weighted by atomic mass is 10.3. The molecule has 0 nitrogen and oxygen atoms in total. The summed E-state index contributed by atoms with van der Waals surface area (Å²) in [5.41, 5.74) is 0. The van der Waals surface area contributed by atoms with E-state index in [2.05, 4.69) is 0 Å². The largest absolute Gasteiger partial charge is 0.256 e. The van der Waals surface area contributed by atoms with Crippen molar-refractivity contribution < 1.29 is 8.78 Å². The summed E-state index contributed by atoms with van der Waals surface area (Å²) in [6.07, 6.45) is 0. The standard InChI is InChI=1S/C4H7F2I/c1-3(7)4(2,5)6/h3H,1-2H3/t3-/m0/s1. The molecule has 0 aliphatic heterocycles. The molecular formula is C4H7F2I. The quantitative estimate of drug-likeness (QED) is 0.470. The molecule has 1 atom stereocenters. The Balaban J connectivity index is 3.54. The molecular weight excluding hydrogens is 213 g/mol. The van der Waals surface area contributed by atoms with Gasteiger partial charge in [0.25, 0.3) is 5.92 Å². The predicted molar refractivity (Wildman–Crippen MR) is 34.1 cm³/mol. The van der Waals surface area contributed by atoms with Crippen molar-refractivity contribution in [3.05, 3.63) is 0 Å². The molecule has 0 aromatic carbocycles. The maximum atomic E-state index is 11.8. The number of hydrogen-bond donors (Lipinski definition) is 0. The second-order valence-corrected chi connectivity index (χ2v) is 3.44. The first-order chi connectivity index (χ1) is 2.94. The van der Waals surface area contributed by atoms with Crippen LogP contribution >= 0.6 is 22.6 Å². The summed E-state index contributed by atoms with van der Waals surface area (Å²) in [4.78, 5) is 0. The van der Waals surface area contributed by atoms with Crippen molar-refractivity contribution in [3.63, 3.8) is 0 Å². The van der Waals surface area contributed by atoms with Gasteiger partial charge in [-0.15, -0.1) is 0 Å². The van der Waals surface area contributed by atoms with Gasteiger partial charge in [0.05, 0.1) is 3.92 Å². The highest BCUT2D eigenvalue weighted by Gasteiger charge is 2.26. The molecule has 0 saturated heterocycles. The zero-order valence-corrected chi connectivity index (χ0v) is 6.37. The molecule has 0 heterocycles. The van der Waals surface area contributed by atoms with E-state index >= 15 is 0 Å². The molecule has 0 spiro atoms. The van der Waals surface area contributed by atoms with E-state index in [9.17, 15) is 8.78 Å². The second kappa shape index (κ2) is 2.24. The van der Waals surface area contributed by atoms with Crippen LogP contribution in [0.5, 0.6) is 0 Å². The molecule has 0 aliphatic carbocycles. The maximum absolute atomic E-state index is 11.8. The lowest BCUT2D eigenvalue weighted by molar-refractivity contribution is 0.0289. The smallest absolute Gasteiger partial charge is 0.206 e. The van der Waals surface area contributed by atoms with E-state index in [4.69, 9.17) is 0 Å². The van der Waals surface area contributed by atoms with Gasteiger partial charge in [-0.1, -0.05) is 22.6 Å². The zero-order chi connectivity index (χ0) is 6.08. The molecule has 0 saturated carbocycles. The average molecular weight is 220 g/mol. The lowest BCUT2D eigenvalue weighted by Gasteiger charge is -2.10. The third-order valence-electron chi connectivity index (χ3n) is 0.698. The summed E-state index contributed by atoms with van der Waals surface area (Å²) in [7, 11) is 0. The van der Waals surface area contributed by atoms with Crippen molar-refractivity contribution in [2.75, 3.05) is 0 Å². The highest BCUT2D eigenvalue weighted by molar-refractivity contribution is 14.1. The topological polar surface area (TPSA) is 0 Å². The highest BCUT2D eigenvalue weighted by Crippen LogP contribution is 2.23. The molecule has 7 heavy (non-hydrogen) atoms. The fourth-order valence-electron chi connectivity index (χ4n) is 0. The summed E-state index contributed by atoms with van der Waals surface area (Å²) < 4.78 is 23.1. The van der Waals surface area contributed by atoms with Gasteiger partial charge in [-0.05, 0) is 6.92 Å². The molecule has 44 valence electrons. The Morgan fingerprint density at radius 1 is 1.57 bits per heavy atom. The molecule has 0 N–H and O–H groups in total. The monoisotopic (exact) mass is 220 g/mol. The van der Waals surface area contributed by atoms with Crippen LogP contribution in [0, 0.1) is 0 Å². The van der Waals surface area contributed by atoms with E-state index in [0.29, 0.717) is 0 Å². The second-order valence-electron chi connectivity index (χ2n) is 1.57. The Hall–Kier alpha value is 0.590. The Morgan fingerprint density at radius 3 is 1.71 bits per heavy atom. The zero-order valence-electron chi connectivity index (χ0n) is 4.21. The first-order valence-corrected chi connectivity index (χ1v) is 3.21. The van der Waals surface area contributed by atoms with Crippen molar-refractivity contribution in [2.45, 2.75) is 23.7 Å². The minimum atomic E-state index is -2.51. The van der Waals surface area contributed by atoms with Crippen LogP contribution in [0.15, 0.2) is 0 Å². The molecule has 0 aromatic heterocycles. The summed E-state index contributed by atoms with van der Waals surface area (Å²) in [5.74, 6) is -2.51. The first kappa shape index (κ1) is 7.59. The Bertz CT molecular complexity index is 55.2. The molecule has 0 amide bonds. The Labute approximate surface area is 55.4 Å². The van der Waals surface area contributed by atoms with Crippen LogP contribution in [0.4, 0.5) is 8.78 Å². The summed E-state index contributed by atoms with van der Waals surface area (Å²) >= 11 is 1.70. The van der Waals surface area contributed by atoms with E-state index in [0.717, 1.165) is 6.92 Å². The number of alkyl halides is 3. The van der Waals surface area contributed by atoms with E-state index in [1.165, 1.54) is 6.92 Å². The summed E-state index contributed by atoms with van der Waals surface area (Å²) in [5, 5.41) is 0. The Kier molecular flexibility index (Phi) is 2.43. The van der Waals surface area contributed by atoms with Crippen LogP contribution in [0.2, 0.25) is 0 Å². The third kappa shape index (κ3) is 3.20. The molecule has 0 fully saturated rings. The molecule has 0 aliphatic rings. The molecule has 0 rings (SSSR count). The van der Waals surface area contributed by atoms with Crippen molar-refractivity contribution in [1.82, 2.24) is 0 Å². The molecule has 3 heteroatoms. The van der Waals surface area contributed by atoms with Gasteiger partial charge < -0.3 is 0 Å². The summed E-state index contributed by atoms with van der Waals surface area (Å²) in [6.45, 7) is 2.41. The van der Waals surface area contributed by atoms with Gasteiger partial charge in [-0.2, -0.15) is 0 Å². The average Bonchev–Trinajstić information content (AvgIpc) is 1.31. The van der Waals surface area contributed by atoms with Gasteiger partial charge >= 0.3 is 0 Å². The molecule has 0 aromatic rings. The minimum absolute atomic E-state index is 0.565. The first-order valence-electron chi connectivity index (χ1n) is 1.96. The van der Waals surface area contributed by atoms with Crippen molar-refractivity contribution in [2.24, 2.45) is 0 Å². The van der Waals surface area contributed by atoms with Crippen LogP contribution in [-0.2, 0) is 0 Å². The number of hydrogen-bond acceptors (Lipinski definition) is 0. The summed E-state index contributed by atoms with van der Waals surface area (Å²) in [6, 6.07) is 0. The minimum Gasteiger partial charge on any atom is -0.206 e. The van der Waals surface area contributed by atoms with Gasteiger partial charge in [0, 0.05) is 6.92 Å². The predicted octanol–water partition coefficient (Wildman–Crippen LogP) is 2.47. The molecule has 0 bridgehead atoms. The fraction of sp³-hybridized carbons (Fsp3) is 1.00. The van der Waals surface area contributed by atoms with Crippen LogP contribution < -0.4 is 0 Å². The van der Waals surface area contributed by atoms with Gasteiger partial charge in [0.1, 0.15) is 0 Å². The normalized spacial score (nSPS) is 16.7. The number of halogens is 3. The van der Waals surface area contributed by atoms with Gasteiger partial charge in [-0.3, -0.25) is 0 Å². The van der Waals surface area contributed by atoms with Crippen molar-refractivity contribution in [3.8, 4) is 0 Å². The maximum Gasteiger partial charge on any atom is 0.256 e. The van der Waals surface area contributed by atoms with E-state index < -0.39 is 9.85 Å². The third-order valence-corrected chi connectivity index (χ3v) is 1.79. The molecule has 0 radical (unpaired) electrons. The Morgan fingerprint density at radius 2 is 1.71 bits per heavy atom. The highest BCUT2D eigenvalue weighted by atomic mass is 127. The van der Waals surface area contributed by atoms with Crippen molar-refractivity contribution in [1.29, 1.82) is 0 Å². The van der Waals surface area contributed by atoms with Gasteiger partial charge in [0.15, 0.2) is 0 Å². The van der Waals surface area contributed by atoms with Crippen LogP contribution in [0.3, 0.4) is 0 Å².